The second kappa shape index (κ2) is 13.6. The summed E-state index contributed by atoms with van der Waals surface area (Å²) in [7, 11) is 0. The number of rotatable bonds is 6. The number of aromatic nitrogens is 3. The van der Waals surface area contributed by atoms with Crippen molar-refractivity contribution in [2.24, 2.45) is 0 Å². The first-order chi connectivity index (χ1) is 28.7. The van der Waals surface area contributed by atoms with E-state index in [2.05, 4.69) is 127 Å². The lowest BCUT2D eigenvalue weighted by Gasteiger charge is -2.17. The molecule has 11 rings (SSSR count). The van der Waals surface area contributed by atoms with Gasteiger partial charge in [-0.1, -0.05) is 164 Å². The van der Waals surface area contributed by atoms with Crippen LogP contribution in [-0.4, -0.2) is 15.0 Å². The summed E-state index contributed by atoms with van der Waals surface area (Å²) in [6, 6.07) is 69.9. The van der Waals surface area contributed by atoms with Crippen molar-refractivity contribution in [3.05, 3.63) is 200 Å². The lowest BCUT2D eigenvalue weighted by atomic mass is 9.87. The van der Waals surface area contributed by atoms with Crippen LogP contribution in [0.4, 0.5) is 0 Å². The third-order valence-electron chi connectivity index (χ3n) is 11.3. The Hall–Kier alpha value is -8.00. The highest BCUT2D eigenvalue weighted by atomic mass is 15.0. The van der Waals surface area contributed by atoms with E-state index in [1.54, 1.807) is 0 Å². The lowest BCUT2D eigenvalue weighted by molar-refractivity contribution is 1.08. The molecule has 0 radical (unpaired) electrons. The zero-order chi connectivity index (χ0) is 38.6. The molecule has 0 bridgehead atoms. The average molecular weight is 737 g/mol. The molecule has 1 aliphatic rings. The fourth-order valence-corrected chi connectivity index (χ4v) is 8.62. The minimum Gasteiger partial charge on any atom is -0.208 e. The molecule has 58 heavy (non-hydrogen) atoms. The Labute approximate surface area is 336 Å². The van der Waals surface area contributed by atoms with Crippen molar-refractivity contribution < 1.29 is 0 Å². The molecule has 0 fully saturated rings. The Bertz CT molecular complexity index is 3300. The molecule has 0 aliphatic heterocycles. The standard InChI is InChI=1S/C54H32N4/c55-33-34-27-28-46(43-22-7-6-21-42(43)40-31-38-18-12-25-47-44-23-8-9-24-45(44)50(32-40)51(38)47)49(29-34)37-17-10-19-39(30-37)53-56-52(36-14-2-1-3-15-36)57-54(58-53)48-26-11-16-35-13-4-5-20-41(35)48/h1-32H. The van der Waals surface area contributed by atoms with Gasteiger partial charge in [-0.25, -0.2) is 15.0 Å². The summed E-state index contributed by atoms with van der Waals surface area (Å²) in [5, 5.41) is 14.9. The van der Waals surface area contributed by atoms with E-state index in [9.17, 15) is 5.26 Å². The van der Waals surface area contributed by atoms with Crippen LogP contribution < -0.4 is 0 Å². The summed E-state index contributed by atoms with van der Waals surface area (Å²) in [4.78, 5) is 15.2. The zero-order valence-corrected chi connectivity index (χ0v) is 31.3. The van der Waals surface area contributed by atoms with Crippen LogP contribution in [0.1, 0.15) is 5.56 Å². The maximum atomic E-state index is 10.2. The molecule has 0 atom stereocenters. The number of benzene rings is 9. The highest BCUT2D eigenvalue weighted by molar-refractivity contribution is 6.16. The van der Waals surface area contributed by atoms with Crippen LogP contribution >= 0.6 is 0 Å². The third-order valence-corrected chi connectivity index (χ3v) is 11.3. The Kier molecular flexibility index (Phi) is 7.84. The van der Waals surface area contributed by atoms with Gasteiger partial charge in [0.1, 0.15) is 0 Å². The highest BCUT2D eigenvalue weighted by Crippen LogP contribution is 2.49. The first-order valence-corrected chi connectivity index (χ1v) is 19.4. The van der Waals surface area contributed by atoms with Crippen molar-refractivity contribution in [1.82, 2.24) is 15.0 Å². The summed E-state index contributed by atoms with van der Waals surface area (Å²) < 4.78 is 0. The lowest BCUT2D eigenvalue weighted by Crippen LogP contribution is -2.00. The van der Waals surface area contributed by atoms with Crippen LogP contribution in [0.5, 0.6) is 0 Å². The molecule has 268 valence electrons. The van der Waals surface area contributed by atoms with E-state index in [1.165, 1.54) is 33.0 Å². The maximum Gasteiger partial charge on any atom is 0.164 e. The van der Waals surface area contributed by atoms with E-state index in [1.807, 2.05) is 72.8 Å². The summed E-state index contributed by atoms with van der Waals surface area (Å²) in [6.45, 7) is 0. The van der Waals surface area contributed by atoms with Gasteiger partial charge < -0.3 is 0 Å². The van der Waals surface area contributed by atoms with Crippen LogP contribution in [0.25, 0.3) is 111 Å². The average Bonchev–Trinajstić information content (AvgIpc) is 3.63. The van der Waals surface area contributed by atoms with E-state index >= 15 is 0 Å². The van der Waals surface area contributed by atoms with E-state index in [0.29, 0.717) is 23.0 Å². The van der Waals surface area contributed by atoms with Crippen LogP contribution in [0.15, 0.2) is 194 Å². The minimum absolute atomic E-state index is 0.575. The third kappa shape index (κ3) is 5.57. The molecule has 0 unspecified atom stereocenters. The Balaban J connectivity index is 1.07. The van der Waals surface area contributed by atoms with Gasteiger partial charge in [-0.3, -0.25) is 0 Å². The largest absolute Gasteiger partial charge is 0.208 e. The van der Waals surface area contributed by atoms with E-state index in [0.717, 1.165) is 60.8 Å². The van der Waals surface area contributed by atoms with Gasteiger partial charge in [0.05, 0.1) is 11.6 Å². The first-order valence-electron chi connectivity index (χ1n) is 19.4. The molecule has 1 heterocycles. The van der Waals surface area contributed by atoms with Gasteiger partial charge in [-0.2, -0.15) is 5.26 Å². The molecule has 1 aliphatic carbocycles. The fourth-order valence-electron chi connectivity index (χ4n) is 8.62. The molecule has 0 saturated carbocycles. The molecule has 4 heteroatoms. The molecular weight excluding hydrogens is 705 g/mol. The van der Waals surface area contributed by atoms with Crippen LogP contribution in [-0.2, 0) is 0 Å². The molecule has 0 spiro atoms. The van der Waals surface area contributed by atoms with E-state index in [4.69, 9.17) is 15.0 Å². The summed E-state index contributed by atoms with van der Waals surface area (Å²) in [5.74, 6) is 1.79. The minimum atomic E-state index is 0.575. The monoisotopic (exact) mass is 736 g/mol. The zero-order valence-electron chi connectivity index (χ0n) is 31.3. The molecule has 4 nitrogen and oxygen atoms in total. The molecule has 0 amide bonds. The molecule has 0 saturated heterocycles. The van der Waals surface area contributed by atoms with Crippen molar-refractivity contribution in [2.75, 3.05) is 0 Å². The van der Waals surface area contributed by atoms with Gasteiger partial charge in [-0.15, -0.1) is 0 Å². The molecule has 9 aromatic carbocycles. The van der Waals surface area contributed by atoms with Gasteiger partial charge in [0.25, 0.3) is 0 Å². The summed E-state index contributed by atoms with van der Waals surface area (Å²) in [5.41, 5.74) is 14.7. The Morgan fingerprint density at radius 3 is 1.67 bits per heavy atom. The van der Waals surface area contributed by atoms with Crippen LogP contribution in [0.2, 0.25) is 0 Å². The SMILES string of the molecule is N#Cc1ccc(-c2ccccc2-c2cc3c4c(cccc4c2)-c2ccccc2-3)c(-c2cccc(-c3nc(-c4ccccc4)nc(-c4cccc5ccccc45)n3)c2)c1. The normalized spacial score (nSPS) is 11.4. The number of hydrogen-bond acceptors (Lipinski definition) is 4. The number of fused-ring (bicyclic) bond motifs is 4. The molecular formula is C54H32N4. The first kappa shape index (κ1) is 33.3. The number of nitriles is 1. The van der Waals surface area contributed by atoms with Gasteiger partial charge in [-0.05, 0) is 108 Å². The molecule has 1 aromatic heterocycles. The Morgan fingerprint density at radius 2 is 0.862 bits per heavy atom. The highest BCUT2D eigenvalue weighted by Gasteiger charge is 2.23. The van der Waals surface area contributed by atoms with Crippen molar-refractivity contribution >= 4 is 21.5 Å². The van der Waals surface area contributed by atoms with Crippen LogP contribution in [0, 0.1) is 11.3 Å². The van der Waals surface area contributed by atoms with Crippen molar-refractivity contribution in [1.29, 1.82) is 5.26 Å². The fraction of sp³-hybridized carbons (Fsp3) is 0. The second-order valence-electron chi connectivity index (χ2n) is 14.7. The summed E-state index contributed by atoms with van der Waals surface area (Å²) >= 11 is 0. The van der Waals surface area contributed by atoms with Gasteiger partial charge in [0, 0.05) is 16.7 Å². The second-order valence-corrected chi connectivity index (χ2v) is 14.7. The number of hydrogen-bond donors (Lipinski definition) is 0. The maximum absolute atomic E-state index is 10.2. The Morgan fingerprint density at radius 1 is 0.310 bits per heavy atom. The predicted molar refractivity (Wildman–Crippen MR) is 237 cm³/mol. The quantitative estimate of drug-likeness (QED) is 0.170. The topological polar surface area (TPSA) is 62.5 Å². The smallest absolute Gasteiger partial charge is 0.164 e. The van der Waals surface area contributed by atoms with Crippen molar-refractivity contribution in [3.63, 3.8) is 0 Å². The van der Waals surface area contributed by atoms with E-state index in [-0.39, 0.29) is 0 Å². The predicted octanol–water partition coefficient (Wildman–Crippen LogP) is 13.7. The molecule has 10 aromatic rings. The molecule has 0 N–H and O–H groups in total. The van der Waals surface area contributed by atoms with Gasteiger partial charge >= 0.3 is 0 Å². The number of nitrogens with zero attached hydrogens (tertiary/aromatic N) is 4. The van der Waals surface area contributed by atoms with Crippen LogP contribution in [0.3, 0.4) is 0 Å². The van der Waals surface area contributed by atoms with Crippen molar-refractivity contribution in [3.8, 4) is 95.9 Å². The van der Waals surface area contributed by atoms with Gasteiger partial charge in [0.15, 0.2) is 17.5 Å². The van der Waals surface area contributed by atoms with Crippen molar-refractivity contribution in [2.45, 2.75) is 0 Å². The van der Waals surface area contributed by atoms with Gasteiger partial charge in [0.2, 0.25) is 0 Å². The van der Waals surface area contributed by atoms with E-state index < -0.39 is 0 Å². The summed E-state index contributed by atoms with van der Waals surface area (Å²) in [6.07, 6.45) is 0.